The van der Waals surface area contributed by atoms with Crippen molar-refractivity contribution < 1.29 is 23.3 Å². The molecule has 1 aliphatic rings. The van der Waals surface area contributed by atoms with E-state index in [4.69, 9.17) is 31.2 Å². The Morgan fingerprint density at radius 1 is 0.941 bits per heavy atom. The topological polar surface area (TPSA) is 52.2 Å². The number of nitrogens with zero attached hydrogens (tertiary/aromatic N) is 1. The summed E-state index contributed by atoms with van der Waals surface area (Å²) in [5, 5.41) is 3.65. The van der Waals surface area contributed by atoms with Crippen molar-refractivity contribution in [2.45, 2.75) is 12.5 Å². The molecule has 0 aliphatic carbocycles. The maximum absolute atomic E-state index is 13.7. The Morgan fingerprint density at radius 2 is 1.65 bits per heavy atom. The SMILES string of the molecule is COc1cc2c(cc1OC)[C@H](COc1ccccc1OC)N(C(=S)Nc1cccc(F)c1)CC2. The molecule has 0 saturated heterocycles. The first-order valence-corrected chi connectivity index (χ1v) is 11.3. The summed E-state index contributed by atoms with van der Waals surface area (Å²) in [5.41, 5.74) is 2.76. The molecule has 0 spiro atoms. The van der Waals surface area contributed by atoms with E-state index in [0.717, 1.165) is 17.5 Å². The number of benzene rings is 3. The normalized spacial score (nSPS) is 14.7. The zero-order valence-electron chi connectivity index (χ0n) is 19.3. The highest BCUT2D eigenvalue weighted by Crippen LogP contribution is 2.39. The van der Waals surface area contributed by atoms with Crippen molar-refractivity contribution >= 4 is 23.0 Å². The fourth-order valence-electron chi connectivity index (χ4n) is 4.12. The summed E-state index contributed by atoms with van der Waals surface area (Å²) in [5.74, 6) is 2.28. The number of para-hydroxylation sites is 2. The van der Waals surface area contributed by atoms with Gasteiger partial charge in [-0.15, -0.1) is 0 Å². The van der Waals surface area contributed by atoms with Crippen molar-refractivity contribution in [2.24, 2.45) is 0 Å². The summed E-state index contributed by atoms with van der Waals surface area (Å²) >= 11 is 5.75. The van der Waals surface area contributed by atoms with Crippen LogP contribution < -0.4 is 24.3 Å². The van der Waals surface area contributed by atoms with Crippen LogP contribution in [0.5, 0.6) is 23.0 Å². The molecular weight excluding hydrogens is 455 g/mol. The molecule has 0 amide bonds. The average molecular weight is 483 g/mol. The minimum Gasteiger partial charge on any atom is -0.493 e. The Kier molecular flexibility index (Phi) is 7.37. The smallest absolute Gasteiger partial charge is 0.174 e. The van der Waals surface area contributed by atoms with E-state index in [9.17, 15) is 4.39 Å². The van der Waals surface area contributed by atoms with Gasteiger partial charge in [0.05, 0.1) is 27.4 Å². The number of ether oxygens (including phenoxy) is 4. The van der Waals surface area contributed by atoms with Gasteiger partial charge in [0, 0.05) is 12.2 Å². The number of thiocarbonyl (C=S) groups is 1. The van der Waals surface area contributed by atoms with E-state index in [1.165, 1.54) is 12.1 Å². The molecule has 0 unspecified atom stereocenters. The molecule has 1 aliphatic heterocycles. The predicted octanol–water partition coefficient (Wildman–Crippen LogP) is 5.23. The second-order valence-electron chi connectivity index (χ2n) is 7.77. The molecule has 1 N–H and O–H groups in total. The van der Waals surface area contributed by atoms with E-state index in [1.807, 2.05) is 36.4 Å². The Hall–Kier alpha value is -3.52. The molecule has 6 nitrogen and oxygen atoms in total. The van der Waals surface area contributed by atoms with Gasteiger partial charge in [0.2, 0.25) is 0 Å². The Labute approximate surface area is 204 Å². The van der Waals surface area contributed by atoms with E-state index in [2.05, 4.69) is 10.2 Å². The molecule has 0 aromatic heterocycles. The molecule has 178 valence electrons. The van der Waals surface area contributed by atoms with E-state index in [-0.39, 0.29) is 11.9 Å². The van der Waals surface area contributed by atoms with E-state index in [0.29, 0.717) is 46.9 Å². The average Bonchev–Trinajstić information content (AvgIpc) is 2.86. The van der Waals surface area contributed by atoms with Gasteiger partial charge in [0.25, 0.3) is 0 Å². The quantitative estimate of drug-likeness (QED) is 0.463. The molecule has 0 fully saturated rings. The van der Waals surface area contributed by atoms with Crippen LogP contribution in [0.2, 0.25) is 0 Å². The second-order valence-corrected chi connectivity index (χ2v) is 8.15. The summed E-state index contributed by atoms with van der Waals surface area (Å²) < 4.78 is 36.4. The lowest BCUT2D eigenvalue weighted by Gasteiger charge is -2.39. The van der Waals surface area contributed by atoms with Crippen molar-refractivity contribution in [3.8, 4) is 23.0 Å². The summed E-state index contributed by atoms with van der Waals surface area (Å²) in [4.78, 5) is 2.06. The monoisotopic (exact) mass is 482 g/mol. The molecule has 1 heterocycles. The van der Waals surface area contributed by atoms with E-state index < -0.39 is 0 Å². The lowest BCUT2D eigenvalue weighted by atomic mass is 9.92. The van der Waals surface area contributed by atoms with Crippen LogP contribution in [0.1, 0.15) is 17.2 Å². The highest BCUT2D eigenvalue weighted by molar-refractivity contribution is 7.80. The predicted molar refractivity (Wildman–Crippen MR) is 134 cm³/mol. The van der Waals surface area contributed by atoms with Crippen LogP contribution in [-0.4, -0.2) is 44.5 Å². The molecular formula is C26H27FN2O4S. The van der Waals surface area contributed by atoms with Crippen molar-refractivity contribution in [3.05, 3.63) is 77.6 Å². The summed E-state index contributed by atoms with van der Waals surface area (Å²) in [6, 6.07) is 17.5. The molecule has 34 heavy (non-hydrogen) atoms. The molecule has 4 rings (SSSR count). The molecule has 3 aromatic rings. The van der Waals surface area contributed by atoms with Crippen LogP contribution in [0.4, 0.5) is 10.1 Å². The largest absolute Gasteiger partial charge is 0.493 e. The third kappa shape index (κ3) is 5.02. The zero-order valence-corrected chi connectivity index (χ0v) is 20.2. The third-order valence-corrected chi connectivity index (χ3v) is 6.14. The van der Waals surface area contributed by atoms with Gasteiger partial charge in [0.15, 0.2) is 28.1 Å². The van der Waals surface area contributed by atoms with Crippen LogP contribution in [0.25, 0.3) is 0 Å². The number of rotatable bonds is 7. The van der Waals surface area contributed by atoms with Gasteiger partial charge >= 0.3 is 0 Å². The van der Waals surface area contributed by atoms with Crippen molar-refractivity contribution in [3.63, 3.8) is 0 Å². The van der Waals surface area contributed by atoms with Crippen LogP contribution in [0.3, 0.4) is 0 Å². The minimum atomic E-state index is -0.329. The van der Waals surface area contributed by atoms with Gasteiger partial charge in [-0.3, -0.25) is 0 Å². The van der Waals surface area contributed by atoms with Gasteiger partial charge in [0.1, 0.15) is 12.4 Å². The molecule has 0 radical (unpaired) electrons. The lowest BCUT2D eigenvalue weighted by molar-refractivity contribution is 0.185. The van der Waals surface area contributed by atoms with Gasteiger partial charge in [-0.05, 0) is 72.2 Å². The summed E-state index contributed by atoms with van der Waals surface area (Å²) in [6.45, 7) is 0.970. The van der Waals surface area contributed by atoms with Crippen LogP contribution in [0, 0.1) is 5.82 Å². The minimum absolute atomic E-state index is 0.220. The van der Waals surface area contributed by atoms with E-state index >= 15 is 0 Å². The van der Waals surface area contributed by atoms with Gasteiger partial charge < -0.3 is 29.2 Å². The van der Waals surface area contributed by atoms with Gasteiger partial charge in [-0.25, -0.2) is 4.39 Å². The summed E-state index contributed by atoms with van der Waals surface area (Å²) in [6.07, 6.45) is 0.756. The number of fused-ring (bicyclic) bond motifs is 1. The number of nitrogens with one attached hydrogen (secondary N) is 1. The van der Waals surface area contributed by atoms with Crippen molar-refractivity contribution in [1.82, 2.24) is 4.90 Å². The molecule has 1 atom stereocenters. The number of halogens is 1. The second kappa shape index (κ2) is 10.6. The number of hydrogen-bond acceptors (Lipinski definition) is 5. The first kappa shape index (κ1) is 23.6. The fraction of sp³-hybridized carbons (Fsp3) is 0.269. The van der Waals surface area contributed by atoms with Crippen LogP contribution >= 0.6 is 12.2 Å². The van der Waals surface area contributed by atoms with Crippen molar-refractivity contribution in [1.29, 1.82) is 0 Å². The van der Waals surface area contributed by atoms with Crippen molar-refractivity contribution in [2.75, 3.05) is 39.8 Å². The highest BCUT2D eigenvalue weighted by Gasteiger charge is 2.31. The van der Waals surface area contributed by atoms with E-state index in [1.54, 1.807) is 33.5 Å². The van der Waals surface area contributed by atoms with Crippen LogP contribution in [0.15, 0.2) is 60.7 Å². The molecule has 0 saturated carbocycles. The maximum Gasteiger partial charge on any atom is 0.174 e. The summed E-state index contributed by atoms with van der Waals surface area (Å²) in [7, 11) is 4.85. The fourth-order valence-corrected chi connectivity index (χ4v) is 4.46. The third-order valence-electron chi connectivity index (χ3n) is 5.81. The number of anilines is 1. The first-order valence-electron chi connectivity index (χ1n) is 10.9. The highest BCUT2D eigenvalue weighted by atomic mass is 32.1. The maximum atomic E-state index is 13.7. The molecule has 0 bridgehead atoms. The number of methoxy groups -OCH3 is 3. The first-order chi connectivity index (χ1) is 16.5. The standard InChI is InChI=1S/C26H27FN2O4S/c1-30-22-9-4-5-10-23(22)33-16-21-20-15-25(32-3)24(31-2)13-17(20)11-12-29(21)26(34)28-19-8-6-7-18(27)14-19/h4-10,13-15,21H,11-12,16H2,1-3H3,(H,28,34)/t21-/m0/s1. The number of hydrogen-bond donors (Lipinski definition) is 1. The molecule has 8 heteroatoms. The Morgan fingerprint density at radius 3 is 2.35 bits per heavy atom. The van der Waals surface area contributed by atoms with Gasteiger partial charge in [-0.1, -0.05) is 18.2 Å². The zero-order chi connectivity index (χ0) is 24.1. The Bertz CT molecular complexity index is 1170. The Balaban J connectivity index is 1.66. The van der Waals surface area contributed by atoms with Crippen LogP contribution in [-0.2, 0) is 6.42 Å². The lowest BCUT2D eigenvalue weighted by Crippen LogP contribution is -2.44. The molecule has 3 aromatic carbocycles. The van der Waals surface area contributed by atoms with Gasteiger partial charge in [-0.2, -0.15) is 0 Å².